The molecule has 1 aliphatic carbocycles. The number of rotatable bonds is 12. The summed E-state index contributed by atoms with van der Waals surface area (Å²) in [4.78, 5) is 14.6. The van der Waals surface area contributed by atoms with Gasteiger partial charge in [-0.15, -0.1) is 0 Å². The molecule has 3 heterocycles. The Labute approximate surface area is 541 Å². The molecule has 438 valence electrons. The molecule has 1 fully saturated rings. The molecule has 0 saturated heterocycles. The van der Waals surface area contributed by atoms with E-state index in [1.165, 1.54) is 27.8 Å². The Balaban J connectivity index is 0.917. The molecule has 0 spiro atoms. The van der Waals surface area contributed by atoms with Gasteiger partial charge in [0.2, 0.25) is 0 Å². The second kappa shape index (κ2) is 24.5. The van der Waals surface area contributed by atoms with Gasteiger partial charge in [0.15, 0.2) is 0 Å². The van der Waals surface area contributed by atoms with Crippen LogP contribution in [0, 0.1) is 20.6 Å². The molecular weight excluding hydrogens is 1070 g/mol. The summed E-state index contributed by atoms with van der Waals surface area (Å²) in [6, 6.07) is 82.2. The minimum absolute atomic E-state index is 0.0825. The first-order valence-electron chi connectivity index (χ1n) is 35.6. The first kappa shape index (κ1) is 48.4. The summed E-state index contributed by atoms with van der Waals surface area (Å²) < 4.78 is 77.2. The Morgan fingerprint density at radius 3 is 0.888 bits per heavy atom. The molecule has 0 amide bonds. The van der Waals surface area contributed by atoms with Gasteiger partial charge in [-0.05, 0) is 181 Å². The molecule has 0 aliphatic heterocycles. The van der Waals surface area contributed by atoms with E-state index in [0.717, 1.165) is 86.0 Å². The van der Waals surface area contributed by atoms with E-state index < -0.39 is 20.6 Å². The van der Waals surface area contributed by atoms with E-state index in [4.69, 9.17) is 27.3 Å². The molecule has 0 N–H and O–H groups in total. The maximum atomic E-state index is 8.59. The third-order valence-electron chi connectivity index (χ3n) is 18.3. The zero-order chi connectivity index (χ0) is 68.9. The van der Waals surface area contributed by atoms with Crippen molar-refractivity contribution in [2.45, 2.75) is 110 Å². The quantitative estimate of drug-likeness (QED) is 0.122. The van der Waals surface area contributed by atoms with Crippen LogP contribution in [0.15, 0.2) is 261 Å². The lowest BCUT2D eigenvalue weighted by Gasteiger charge is -2.39. The molecule has 1 saturated carbocycles. The Kier molecular flexibility index (Phi) is 13.4. The van der Waals surface area contributed by atoms with E-state index >= 15 is 0 Å². The summed E-state index contributed by atoms with van der Waals surface area (Å²) in [6.45, 7) is 6.46. The molecule has 13 rings (SSSR count). The third kappa shape index (κ3) is 12.4. The summed E-state index contributed by atoms with van der Waals surface area (Å²) >= 11 is 0. The lowest BCUT2D eigenvalue weighted by atomic mass is 9.65. The highest BCUT2D eigenvalue weighted by atomic mass is 14.7. The number of aryl methyl sites for hydroxylation is 3. The highest BCUT2D eigenvalue weighted by Crippen LogP contribution is 2.53. The normalized spacial score (nSPS) is 17.1. The van der Waals surface area contributed by atoms with Crippen LogP contribution in [0.25, 0.3) is 101 Å². The molecule has 3 heteroatoms. The SMILES string of the molecule is [2H]C([2H])([2H])c1cc(-c2ccc(-c3ccccc3C3CC(c4ccc(C(C)(C)C)cc4-c4ccc(-c5cc(C([2H])([2H])[2H])c(-c6ccccc6)cn5)cc4)CC(c4ccc(C(C)(C)C)cc4-c4ccc(-c5cc(C([2H])([2H])[2H])c(-c6ccccc6)cn5)cc4)C3)cc2)ncc1-c1ccccc1. The Morgan fingerprint density at radius 2 is 0.562 bits per heavy atom. The largest absolute Gasteiger partial charge is 0.256 e. The molecule has 2 unspecified atom stereocenters. The first-order chi connectivity index (χ1) is 46.7. The van der Waals surface area contributed by atoms with Crippen LogP contribution in [0.5, 0.6) is 0 Å². The van der Waals surface area contributed by atoms with Gasteiger partial charge in [0.05, 0.1) is 17.1 Å². The van der Waals surface area contributed by atoms with Crippen molar-refractivity contribution in [3.05, 3.63) is 306 Å². The number of aromatic nitrogens is 3. The monoisotopic (exact) mass is 1160 g/mol. The maximum absolute atomic E-state index is 8.59. The number of hydrogen-bond acceptors (Lipinski definition) is 3. The lowest BCUT2D eigenvalue weighted by molar-refractivity contribution is 0.352. The third-order valence-corrected chi connectivity index (χ3v) is 18.3. The molecular formula is C86H79N3. The molecule has 3 nitrogen and oxygen atoms in total. The van der Waals surface area contributed by atoms with Crippen molar-refractivity contribution < 1.29 is 12.3 Å². The van der Waals surface area contributed by atoms with Gasteiger partial charge in [0.25, 0.3) is 0 Å². The maximum Gasteiger partial charge on any atom is 0.0705 e. The number of hydrogen-bond donors (Lipinski definition) is 0. The molecule has 1 aliphatic rings. The number of benzene rings is 9. The fourth-order valence-electron chi connectivity index (χ4n) is 13.3. The van der Waals surface area contributed by atoms with Crippen molar-refractivity contribution in [2.75, 3.05) is 0 Å². The summed E-state index contributed by atoms with van der Waals surface area (Å²) in [5.41, 5.74) is 21.7. The predicted octanol–water partition coefficient (Wildman–Crippen LogP) is 23.2. The molecule has 3 aromatic heterocycles. The van der Waals surface area contributed by atoms with Crippen LogP contribution >= 0.6 is 0 Å². The average molecular weight is 1160 g/mol. The second-order valence-electron chi connectivity index (χ2n) is 26.2. The zero-order valence-corrected chi connectivity index (χ0v) is 51.5. The van der Waals surface area contributed by atoms with Crippen LogP contribution in [0.2, 0.25) is 0 Å². The van der Waals surface area contributed by atoms with Crippen molar-refractivity contribution in [3.8, 4) is 101 Å². The lowest BCUT2D eigenvalue weighted by Crippen LogP contribution is -2.22. The molecule has 89 heavy (non-hydrogen) atoms. The first-order valence-corrected chi connectivity index (χ1v) is 31.1. The van der Waals surface area contributed by atoms with E-state index in [1.807, 2.05) is 91.0 Å². The van der Waals surface area contributed by atoms with Crippen LogP contribution in [0.3, 0.4) is 0 Å². The van der Waals surface area contributed by atoms with Gasteiger partial charge >= 0.3 is 0 Å². The van der Waals surface area contributed by atoms with E-state index in [-0.39, 0.29) is 45.3 Å². The molecule has 0 bridgehead atoms. The Hall–Kier alpha value is -9.57. The highest BCUT2D eigenvalue weighted by molar-refractivity contribution is 5.79. The van der Waals surface area contributed by atoms with Crippen LogP contribution in [-0.2, 0) is 10.8 Å². The molecule has 2 atom stereocenters. The summed E-state index contributed by atoms with van der Waals surface area (Å²) in [7, 11) is 0. The summed E-state index contributed by atoms with van der Waals surface area (Å²) in [5.74, 6) is 0.256. The van der Waals surface area contributed by atoms with Gasteiger partial charge in [-0.3, -0.25) is 15.0 Å². The topological polar surface area (TPSA) is 38.7 Å². The van der Waals surface area contributed by atoms with Crippen molar-refractivity contribution >= 4 is 0 Å². The van der Waals surface area contributed by atoms with Gasteiger partial charge in [0, 0.05) is 64.3 Å². The van der Waals surface area contributed by atoms with Crippen molar-refractivity contribution in [1.29, 1.82) is 0 Å². The van der Waals surface area contributed by atoms with Gasteiger partial charge in [-0.2, -0.15) is 0 Å². The summed E-state index contributed by atoms with van der Waals surface area (Å²) in [5, 5.41) is 0. The van der Waals surface area contributed by atoms with Crippen LogP contribution in [0.1, 0.15) is 135 Å². The molecule has 12 aromatic rings. The summed E-state index contributed by atoms with van der Waals surface area (Å²) in [6.07, 6.45) is 7.68. The minimum Gasteiger partial charge on any atom is -0.256 e. The molecule has 9 aromatic carbocycles. The van der Waals surface area contributed by atoms with Crippen LogP contribution < -0.4 is 0 Å². The smallest absolute Gasteiger partial charge is 0.0705 e. The average Bonchev–Trinajstić information content (AvgIpc) is 0.766. The number of nitrogens with zero attached hydrogens (tertiary/aromatic N) is 3. The predicted molar refractivity (Wildman–Crippen MR) is 375 cm³/mol. The number of pyridine rings is 3. The van der Waals surface area contributed by atoms with Gasteiger partial charge in [-0.25, -0.2) is 0 Å². The van der Waals surface area contributed by atoms with E-state index in [2.05, 4.69) is 175 Å². The van der Waals surface area contributed by atoms with E-state index in [9.17, 15) is 0 Å². The zero-order valence-electron chi connectivity index (χ0n) is 60.5. The van der Waals surface area contributed by atoms with E-state index in [1.54, 1.807) is 36.8 Å². The second-order valence-corrected chi connectivity index (χ2v) is 26.2. The minimum atomic E-state index is -2.36. The molecule has 0 radical (unpaired) electrons. The Morgan fingerprint density at radius 1 is 0.281 bits per heavy atom. The fourth-order valence-corrected chi connectivity index (χ4v) is 13.3. The van der Waals surface area contributed by atoms with Gasteiger partial charge < -0.3 is 0 Å². The van der Waals surface area contributed by atoms with Gasteiger partial charge in [-0.1, -0.05) is 266 Å². The standard InChI is InChI=1S/C86H79N3/c1-56-45-82(87-53-79(56)59-21-13-10-14-22-59)65-35-29-62(30-36-65)73-27-19-20-28-74(73)68-48-69(75-43-41-71(85(4,5)6)51-77(75)63-31-37-66(38-32-63)83-46-57(2)80(54-88-83)60-23-15-11-16-24-60)50-70(49-68)76-44-42-72(86(7,8)9)52-78(76)64-33-39-67(40-34-64)84-47-58(3)81(55-89-84)61-25-17-12-18-26-61/h10-47,51-55,68-70H,48-50H2,1-9H3/i1D3,2D3,3D3. The Bertz CT molecular complexity index is 4620. The highest BCUT2D eigenvalue weighted by Gasteiger charge is 2.36. The van der Waals surface area contributed by atoms with Crippen LogP contribution in [0.4, 0.5) is 0 Å². The van der Waals surface area contributed by atoms with Crippen molar-refractivity contribution in [3.63, 3.8) is 0 Å². The van der Waals surface area contributed by atoms with Gasteiger partial charge in [0.1, 0.15) is 0 Å². The van der Waals surface area contributed by atoms with E-state index in [0.29, 0.717) is 33.8 Å². The van der Waals surface area contributed by atoms with Crippen LogP contribution in [-0.4, -0.2) is 15.0 Å². The van der Waals surface area contributed by atoms with Crippen molar-refractivity contribution in [1.82, 2.24) is 15.0 Å². The van der Waals surface area contributed by atoms with Crippen molar-refractivity contribution in [2.24, 2.45) is 0 Å². The fraction of sp³-hybridized carbons (Fsp3) is 0.198.